The Morgan fingerprint density at radius 3 is 2.52 bits per heavy atom. The van der Waals surface area contributed by atoms with E-state index in [-0.39, 0.29) is 35.0 Å². The summed E-state index contributed by atoms with van der Waals surface area (Å²) >= 11 is 0. The SMILES string of the molecule is O=C(O)[C@@H](CC1CC1)N1C[C@H](CN2CCC3(CC2)COC(CCc2ccc(F)cc2)C3)[C@@H](c2cccc(F)c2)C1. The minimum Gasteiger partial charge on any atom is -0.480 e. The van der Waals surface area contributed by atoms with Crippen LogP contribution in [-0.4, -0.2) is 72.4 Å². The van der Waals surface area contributed by atoms with Crippen LogP contribution in [-0.2, 0) is 16.0 Å². The normalized spacial score (nSPS) is 27.8. The summed E-state index contributed by atoms with van der Waals surface area (Å²) in [4.78, 5) is 16.9. The molecule has 4 fully saturated rings. The van der Waals surface area contributed by atoms with Crippen LogP contribution in [0, 0.1) is 28.9 Å². The molecule has 0 amide bonds. The number of rotatable bonds is 10. The van der Waals surface area contributed by atoms with E-state index in [0.717, 1.165) is 95.3 Å². The molecule has 40 heavy (non-hydrogen) atoms. The molecule has 1 aliphatic carbocycles. The zero-order chi connectivity index (χ0) is 27.7. The van der Waals surface area contributed by atoms with Gasteiger partial charge in [0.1, 0.15) is 17.7 Å². The first-order valence-corrected chi connectivity index (χ1v) is 15.2. The molecule has 0 bridgehead atoms. The highest BCUT2D eigenvalue weighted by Gasteiger charge is 2.45. The average molecular weight is 553 g/mol. The fourth-order valence-electron chi connectivity index (χ4n) is 7.48. The van der Waals surface area contributed by atoms with Gasteiger partial charge in [-0.25, -0.2) is 8.78 Å². The third kappa shape index (κ3) is 6.58. The van der Waals surface area contributed by atoms with Gasteiger partial charge in [-0.3, -0.25) is 9.69 Å². The van der Waals surface area contributed by atoms with Crippen LogP contribution < -0.4 is 0 Å². The first-order chi connectivity index (χ1) is 19.4. The molecule has 4 atom stereocenters. The Morgan fingerprint density at radius 2 is 1.82 bits per heavy atom. The summed E-state index contributed by atoms with van der Waals surface area (Å²) in [6.45, 7) is 5.20. The van der Waals surface area contributed by atoms with Gasteiger partial charge < -0.3 is 14.7 Å². The summed E-state index contributed by atoms with van der Waals surface area (Å²) in [5.41, 5.74) is 2.39. The number of nitrogens with zero attached hydrogens (tertiary/aromatic N) is 2. The zero-order valence-electron chi connectivity index (χ0n) is 23.3. The number of hydrogen-bond acceptors (Lipinski definition) is 4. The molecule has 0 aromatic heterocycles. The summed E-state index contributed by atoms with van der Waals surface area (Å²) in [6, 6.07) is 13.3. The van der Waals surface area contributed by atoms with Crippen molar-refractivity contribution in [3.63, 3.8) is 0 Å². The van der Waals surface area contributed by atoms with Crippen molar-refractivity contribution in [2.75, 3.05) is 39.3 Å². The Kier molecular flexibility index (Phi) is 8.25. The Balaban J connectivity index is 1.05. The van der Waals surface area contributed by atoms with Crippen LogP contribution in [0.15, 0.2) is 48.5 Å². The second kappa shape index (κ2) is 11.9. The molecule has 216 valence electrons. The van der Waals surface area contributed by atoms with E-state index < -0.39 is 12.0 Å². The monoisotopic (exact) mass is 552 g/mol. The molecule has 0 radical (unpaired) electrons. The summed E-state index contributed by atoms with van der Waals surface area (Å²) in [6.07, 6.45) is 8.46. The molecule has 1 unspecified atom stereocenters. The quantitative estimate of drug-likeness (QED) is 0.408. The van der Waals surface area contributed by atoms with Crippen LogP contribution in [0.2, 0.25) is 0 Å². The van der Waals surface area contributed by atoms with Crippen molar-refractivity contribution in [2.45, 2.75) is 69.4 Å². The molecule has 3 heterocycles. The number of ether oxygens (including phenoxy) is 1. The molecule has 1 spiro atoms. The molecule has 3 aliphatic heterocycles. The van der Waals surface area contributed by atoms with E-state index in [1.807, 2.05) is 18.2 Å². The van der Waals surface area contributed by atoms with Gasteiger partial charge in [-0.2, -0.15) is 0 Å². The maximum Gasteiger partial charge on any atom is 0.320 e. The second-order valence-electron chi connectivity index (χ2n) is 13.0. The number of carbonyl (C=O) groups is 1. The van der Waals surface area contributed by atoms with Crippen molar-refractivity contribution in [1.29, 1.82) is 0 Å². The zero-order valence-corrected chi connectivity index (χ0v) is 23.3. The molecule has 4 aliphatic rings. The van der Waals surface area contributed by atoms with Crippen molar-refractivity contribution < 1.29 is 23.4 Å². The molecule has 1 N–H and O–H groups in total. The standard InChI is InChI=1S/C33H42F2N2O3/c34-27-9-6-23(7-10-27)8-11-29-18-33(22-40-29)12-14-36(15-13-33)19-26-20-37(31(32(38)39)16-24-4-5-24)21-30(26)25-2-1-3-28(35)17-25/h1-3,6-7,9-10,17,24,26,29-31H,4-5,8,11-16,18-22H2,(H,38,39)/t26-,29?,30+,31+/m0/s1. The third-order valence-electron chi connectivity index (χ3n) is 10.1. The third-order valence-corrected chi connectivity index (χ3v) is 10.1. The van der Waals surface area contributed by atoms with Crippen molar-refractivity contribution >= 4 is 5.97 Å². The largest absolute Gasteiger partial charge is 0.480 e. The number of halogens is 2. The lowest BCUT2D eigenvalue weighted by molar-refractivity contribution is -0.143. The number of aryl methyl sites for hydroxylation is 1. The van der Waals surface area contributed by atoms with Crippen LogP contribution in [0.5, 0.6) is 0 Å². The summed E-state index contributed by atoms with van der Waals surface area (Å²) in [5.74, 6) is -0.185. The summed E-state index contributed by atoms with van der Waals surface area (Å²) < 4.78 is 33.7. The van der Waals surface area contributed by atoms with Crippen LogP contribution in [0.1, 0.15) is 62.0 Å². The van der Waals surface area contributed by atoms with Crippen molar-refractivity contribution in [1.82, 2.24) is 9.80 Å². The van der Waals surface area contributed by atoms with Gasteiger partial charge in [0.15, 0.2) is 0 Å². The lowest BCUT2D eigenvalue weighted by Crippen LogP contribution is -2.44. The van der Waals surface area contributed by atoms with E-state index in [1.54, 1.807) is 12.1 Å². The molecule has 5 nitrogen and oxygen atoms in total. The fourth-order valence-corrected chi connectivity index (χ4v) is 7.48. The molecule has 3 saturated heterocycles. The lowest BCUT2D eigenvalue weighted by atomic mass is 9.76. The number of benzene rings is 2. The van der Waals surface area contributed by atoms with Crippen LogP contribution in [0.3, 0.4) is 0 Å². The Labute approximate surface area is 236 Å². The summed E-state index contributed by atoms with van der Waals surface area (Å²) in [7, 11) is 0. The highest BCUT2D eigenvalue weighted by atomic mass is 19.1. The molecule has 7 heteroatoms. The minimum atomic E-state index is -0.722. The van der Waals surface area contributed by atoms with Crippen LogP contribution in [0.25, 0.3) is 0 Å². The molecule has 2 aromatic carbocycles. The van der Waals surface area contributed by atoms with Crippen molar-refractivity contribution in [3.8, 4) is 0 Å². The molecule has 2 aromatic rings. The van der Waals surface area contributed by atoms with Gasteiger partial charge in [0, 0.05) is 25.6 Å². The van der Waals surface area contributed by atoms with E-state index >= 15 is 0 Å². The number of likely N-dealkylation sites (tertiary alicyclic amines) is 2. The topological polar surface area (TPSA) is 53.0 Å². The Morgan fingerprint density at radius 1 is 1.05 bits per heavy atom. The van der Waals surface area contributed by atoms with Gasteiger partial charge in [0.05, 0.1) is 12.7 Å². The van der Waals surface area contributed by atoms with E-state index in [2.05, 4.69) is 9.80 Å². The van der Waals surface area contributed by atoms with E-state index in [1.165, 1.54) is 18.2 Å². The second-order valence-corrected chi connectivity index (χ2v) is 13.0. The summed E-state index contributed by atoms with van der Waals surface area (Å²) in [5, 5.41) is 10.0. The van der Waals surface area contributed by atoms with Crippen LogP contribution >= 0.6 is 0 Å². The number of aliphatic carboxylic acids is 1. The van der Waals surface area contributed by atoms with E-state index in [4.69, 9.17) is 4.74 Å². The maximum absolute atomic E-state index is 14.2. The van der Waals surface area contributed by atoms with Gasteiger partial charge >= 0.3 is 5.97 Å². The smallest absolute Gasteiger partial charge is 0.320 e. The van der Waals surface area contributed by atoms with Gasteiger partial charge in [0.25, 0.3) is 0 Å². The van der Waals surface area contributed by atoms with Gasteiger partial charge in [-0.15, -0.1) is 0 Å². The van der Waals surface area contributed by atoms with Gasteiger partial charge in [-0.1, -0.05) is 37.1 Å². The minimum absolute atomic E-state index is 0.137. The number of carboxylic acids is 1. The first-order valence-electron chi connectivity index (χ1n) is 15.2. The number of piperidine rings is 1. The average Bonchev–Trinajstić information content (AvgIpc) is 3.55. The van der Waals surface area contributed by atoms with Crippen molar-refractivity contribution in [3.05, 3.63) is 71.3 Å². The van der Waals surface area contributed by atoms with Crippen molar-refractivity contribution in [2.24, 2.45) is 17.3 Å². The maximum atomic E-state index is 14.2. The number of carboxylic acid groups (broad SMARTS) is 1. The fraction of sp³-hybridized carbons (Fsp3) is 0.606. The molecular formula is C33H42F2N2O3. The molecule has 6 rings (SSSR count). The predicted octanol–water partition coefficient (Wildman–Crippen LogP) is 5.74. The Hall–Kier alpha value is -2.35. The first kappa shape index (κ1) is 27.8. The van der Waals surface area contributed by atoms with Gasteiger partial charge in [-0.05, 0) is 104 Å². The van der Waals surface area contributed by atoms with Crippen LogP contribution in [0.4, 0.5) is 8.78 Å². The number of hydrogen-bond donors (Lipinski definition) is 1. The molecule has 1 saturated carbocycles. The lowest BCUT2D eigenvalue weighted by Gasteiger charge is -2.40. The Bertz CT molecular complexity index is 1160. The van der Waals surface area contributed by atoms with Gasteiger partial charge in [0.2, 0.25) is 0 Å². The molecular weight excluding hydrogens is 510 g/mol. The predicted molar refractivity (Wildman–Crippen MR) is 150 cm³/mol. The van der Waals surface area contributed by atoms with E-state index in [9.17, 15) is 18.7 Å². The van der Waals surface area contributed by atoms with E-state index in [0.29, 0.717) is 12.5 Å². The highest BCUT2D eigenvalue weighted by molar-refractivity contribution is 5.73. The highest BCUT2D eigenvalue weighted by Crippen LogP contribution is 2.44.